The van der Waals surface area contributed by atoms with Gasteiger partial charge in [0.1, 0.15) is 0 Å². The lowest BCUT2D eigenvalue weighted by Gasteiger charge is -2.16. The molecular weight excluding hydrogens is 238 g/mol. The quantitative estimate of drug-likeness (QED) is 0.840. The molecular formula is C15H13N3O. The standard InChI is InChI=1S/C15H13N3O/c1-18(11-14-7-2-3-8-17-14)15(19)13-6-4-5-12(9-13)10-16/h2-9H,11H2,1H3. The largest absolute Gasteiger partial charge is 0.336 e. The topological polar surface area (TPSA) is 57.0 Å². The zero-order valence-corrected chi connectivity index (χ0v) is 10.6. The van der Waals surface area contributed by atoms with Crippen LogP contribution in [0.4, 0.5) is 0 Å². The van der Waals surface area contributed by atoms with E-state index in [0.29, 0.717) is 17.7 Å². The normalized spacial score (nSPS) is 9.68. The molecule has 1 amide bonds. The number of carbonyl (C=O) groups is 1. The molecule has 0 fully saturated rings. The van der Waals surface area contributed by atoms with Crippen molar-refractivity contribution in [1.82, 2.24) is 9.88 Å². The number of carbonyl (C=O) groups excluding carboxylic acids is 1. The summed E-state index contributed by atoms with van der Waals surface area (Å²) in [5.41, 5.74) is 1.82. The molecule has 4 nitrogen and oxygen atoms in total. The summed E-state index contributed by atoms with van der Waals surface area (Å²) in [6.45, 7) is 0.441. The Morgan fingerprint density at radius 3 is 2.84 bits per heavy atom. The second-order valence-electron chi connectivity index (χ2n) is 4.17. The zero-order chi connectivity index (χ0) is 13.7. The minimum Gasteiger partial charge on any atom is -0.336 e. The van der Waals surface area contributed by atoms with E-state index in [4.69, 9.17) is 5.26 Å². The van der Waals surface area contributed by atoms with Gasteiger partial charge in [-0.1, -0.05) is 12.1 Å². The number of aromatic nitrogens is 1. The first-order chi connectivity index (χ1) is 9.20. The van der Waals surface area contributed by atoms with E-state index in [0.717, 1.165) is 5.69 Å². The van der Waals surface area contributed by atoms with Gasteiger partial charge in [-0.2, -0.15) is 5.26 Å². The van der Waals surface area contributed by atoms with Gasteiger partial charge in [-0.05, 0) is 30.3 Å². The number of benzene rings is 1. The van der Waals surface area contributed by atoms with Crippen LogP contribution < -0.4 is 0 Å². The average Bonchev–Trinajstić information content (AvgIpc) is 2.47. The van der Waals surface area contributed by atoms with Crippen molar-refractivity contribution < 1.29 is 4.79 Å². The highest BCUT2D eigenvalue weighted by Crippen LogP contribution is 2.09. The summed E-state index contributed by atoms with van der Waals surface area (Å²) in [4.78, 5) is 18.0. The average molecular weight is 251 g/mol. The summed E-state index contributed by atoms with van der Waals surface area (Å²) in [6.07, 6.45) is 1.70. The molecule has 0 radical (unpaired) electrons. The number of hydrogen-bond donors (Lipinski definition) is 0. The molecule has 0 aliphatic rings. The first-order valence-electron chi connectivity index (χ1n) is 5.86. The van der Waals surface area contributed by atoms with Crippen molar-refractivity contribution >= 4 is 5.91 Å². The van der Waals surface area contributed by atoms with E-state index < -0.39 is 0 Å². The van der Waals surface area contributed by atoms with E-state index in [9.17, 15) is 4.79 Å². The van der Waals surface area contributed by atoms with Crippen molar-refractivity contribution in [3.05, 3.63) is 65.5 Å². The maximum Gasteiger partial charge on any atom is 0.253 e. The van der Waals surface area contributed by atoms with Crippen LogP contribution in [0.1, 0.15) is 21.6 Å². The number of rotatable bonds is 3. The molecule has 2 rings (SSSR count). The fourth-order valence-corrected chi connectivity index (χ4v) is 1.75. The molecule has 94 valence electrons. The van der Waals surface area contributed by atoms with Gasteiger partial charge < -0.3 is 4.90 Å². The Morgan fingerprint density at radius 2 is 2.16 bits per heavy atom. The smallest absolute Gasteiger partial charge is 0.253 e. The van der Waals surface area contributed by atoms with Crippen LogP contribution in [0.15, 0.2) is 48.7 Å². The Bertz CT molecular complexity index is 617. The molecule has 19 heavy (non-hydrogen) atoms. The molecule has 0 aliphatic carbocycles. The lowest BCUT2D eigenvalue weighted by molar-refractivity contribution is 0.0783. The monoisotopic (exact) mass is 251 g/mol. The SMILES string of the molecule is CN(Cc1ccccn1)C(=O)c1cccc(C#N)c1. The maximum absolute atomic E-state index is 12.2. The van der Waals surface area contributed by atoms with E-state index in [-0.39, 0.29) is 5.91 Å². The van der Waals surface area contributed by atoms with Crippen molar-refractivity contribution in [3.8, 4) is 6.07 Å². The molecule has 2 aromatic rings. The predicted molar refractivity (Wildman–Crippen MR) is 71.2 cm³/mol. The van der Waals surface area contributed by atoms with Crippen molar-refractivity contribution in [3.63, 3.8) is 0 Å². The van der Waals surface area contributed by atoms with Crippen LogP contribution in [0.3, 0.4) is 0 Å². The van der Waals surface area contributed by atoms with Gasteiger partial charge in [0.05, 0.1) is 23.9 Å². The van der Waals surface area contributed by atoms with Crippen LogP contribution in [0.25, 0.3) is 0 Å². The van der Waals surface area contributed by atoms with Crippen LogP contribution in [0.2, 0.25) is 0 Å². The summed E-state index contributed by atoms with van der Waals surface area (Å²) in [6, 6.07) is 14.3. The minimum atomic E-state index is -0.122. The third-order valence-corrected chi connectivity index (χ3v) is 2.71. The molecule has 0 atom stereocenters. The molecule has 0 saturated carbocycles. The summed E-state index contributed by atoms with van der Waals surface area (Å²) >= 11 is 0. The van der Waals surface area contributed by atoms with Crippen LogP contribution >= 0.6 is 0 Å². The summed E-state index contributed by atoms with van der Waals surface area (Å²) in [5, 5.41) is 8.83. The molecule has 1 aromatic carbocycles. The second-order valence-corrected chi connectivity index (χ2v) is 4.17. The highest BCUT2D eigenvalue weighted by atomic mass is 16.2. The zero-order valence-electron chi connectivity index (χ0n) is 10.6. The molecule has 1 heterocycles. The Morgan fingerprint density at radius 1 is 1.32 bits per heavy atom. The summed E-state index contributed by atoms with van der Waals surface area (Å²) in [7, 11) is 1.72. The molecule has 0 aliphatic heterocycles. The van der Waals surface area contributed by atoms with Gasteiger partial charge in [-0.3, -0.25) is 9.78 Å². The van der Waals surface area contributed by atoms with Gasteiger partial charge in [-0.25, -0.2) is 0 Å². The van der Waals surface area contributed by atoms with Crippen molar-refractivity contribution in [1.29, 1.82) is 5.26 Å². The maximum atomic E-state index is 12.2. The first-order valence-corrected chi connectivity index (χ1v) is 5.86. The minimum absolute atomic E-state index is 0.122. The Labute approximate surface area is 111 Å². The van der Waals surface area contributed by atoms with Gasteiger partial charge >= 0.3 is 0 Å². The van der Waals surface area contributed by atoms with E-state index in [2.05, 4.69) is 4.98 Å². The van der Waals surface area contributed by atoms with E-state index in [1.807, 2.05) is 24.3 Å². The number of nitriles is 1. The van der Waals surface area contributed by atoms with Crippen molar-refractivity contribution in [2.24, 2.45) is 0 Å². The third kappa shape index (κ3) is 3.17. The van der Waals surface area contributed by atoms with Gasteiger partial charge in [0.15, 0.2) is 0 Å². The van der Waals surface area contributed by atoms with E-state index in [1.165, 1.54) is 0 Å². The molecule has 0 N–H and O–H groups in total. The first kappa shape index (κ1) is 12.8. The number of amides is 1. The second kappa shape index (κ2) is 5.78. The van der Waals surface area contributed by atoms with Crippen LogP contribution in [0.5, 0.6) is 0 Å². The molecule has 0 saturated heterocycles. The third-order valence-electron chi connectivity index (χ3n) is 2.71. The lowest BCUT2D eigenvalue weighted by Crippen LogP contribution is -2.26. The van der Waals surface area contributed by atoms with Crippen LogP contribution in [0, 0.1) is 11.3 Å². The van der Waals surface area contributed by atoms with E-state index >= 15 is 0 Å². The van der Waals surface area contributed by atoms with Crippen molar-refractivity contribution in [2.75, 3.05) is 7.05 Å². The molecule has 0 unspecified atom stereocenters. The Hall–Kier alpha value is -2.67. The Kier molecular flexibility index (Phi) is 3.89. The highest BCUT2D eigenvalue weighted by Gasteiger charge is 2.12. The van der Waals surface area contributed by atoms with Gasteiger partial charge in [0.25, 0.3) is 5.91 Å². The number of nitrogens with zero attached hydrogens (tertiary/aromatic N) is 3. The lowest BCUT2D eigenvalue weighted by atomic mass is 10.1. The Balaban J connectivity index is 2.13. The molecule has 0 spiro atoms. The fraction of sp³-hybridized carbons (Fsp3) is 0.133. The molecule has 1 aromatic heterocycles. The van der Waals surface area contributed by atoms with Gasteiger partial charge in [0, 0.05) is 18.8 Å². The van der Waals surface area contributed by atoms with Gasteiger partial charge in [-0.15, -0.1) is 0 Å². The van der Waals surface area contributed by atoms with E-state index in [1.54, 1.807) is 42.4 Å². The highest BCUT2D eigenvalue weighted by molar-refractivity contribution is 5.94. The van der Waals surface area contributed by atoms with Gasteiger partial charge in [0.2, 0.25) is 0 Å². The predicted octanol–water partition coefficient (Wildman–Crippen LogP) is 2.23. The molecule has 4 heteroatoms. The summed E-state index contributed by atoms with van der Waals surface area (Å²) in [5.74, 6) is -0.122. The molecule has 0 bridgehead atoms. The van der Waals surface area contributed by atoms with Crippen LogP contribution in [-0.4, -0.2) is 22.8 Å². The number of pyridine rings is 1. The fourth-order valence-electron chi connectivity index (χ4n) is 1.75. The van der Waals surface area contributed by atoms with Crippen LogP contribution in [-0.2, 0) is 6.54 Å². The summed E-state index contributed by atoms with van der Waals surface area (Å²) < 4.78 is 0. The number of hydrogen-bond acceptors (Lipinski definition) is 3. The van der Waals surface area contributed by atoms with Crippen molar-refractivity contribution in [2.45, 2.75) is 6.54 Å².